The van der Waals surface area contributed by atoms with Crippen molar-refractivity contribution in [2.45, 2.75) is 30.9 Å². The van der Waals surface area contributed by atoms with Crippen LogP contribution in [0.2, 0.25) is 0 Å². The molecule has 0 radical (unpaired) electrons. The highest BCUT2D eigenvalue weighted by molar-refractivity contribution is 7.98. The minimum absolute atomic E-state index is 0.140. The molecule has 0 aliphatic carbocycles. The summed E-state index contributed by atoms with van der Waals surface area (Å²) in [5.74, 6) is 0.981. The van der Waals surface area contributed by atoms with Gasteiger partial charge >= 0.3 is 0 Å². The summed E-state index contributed by atoms with van der Waals surface area (Å²) in [5, 5.41) is 2.84. The van der Waals surface area contributed by atoms with Crippen molar-refractivity contribution in [3.63, 3.8) is 0 Å². The van der Waals surface area contributed by atoms with Gasteiger partial charge in [-0.2, -0.15) is 11.8 Å². The van der Waals surface area contributed by atoms with Crippen molar-refractivity contribution < 1.29 is 17.6 Å². The Labute approximate surface area is 205 Å². The van der Waals surface area contributed by atoms with Gasteiger partial charge in [0.15, 0.2) is 0 Å². The lowest BCUT2D eigenvalue weighted by molar-refractivity contribution is -0.119. The maximum Gasteiger partial charge on any atom is 0.264 e. The molecule has 0 saturated carbocycles. The van der Waals surface area contributed by atoms with Gasteiger partial charge in [-0.05, 0) is 73.0 Å². The normalized spacial score (nSPS) is 11.3. The fraction of sp³-hybridized carbons (Fsp3) is 0.269. The number of rotatable bonds is 11. The molecule has 0 atom stereocenters. The number of sulfonamides is 1. The summed E-state index contributed by atoms with van der Waals surface area (Å²) >= 11 is 1.70. The number of hydrogen-bond acceptors (Lipinski definition) is 4. The molecule has 0 aliphatic heterocycles. The highest BCUT2D eigenvalue weighted by Gasteiger charge is 2.28. The van der Waals surface area contributed by atoms with Crippen LogP contribution in [-0.2, 0) is 20.6 Å². The van der Waals surface area contributed by atoms with Crippen LogP contribution in [0.3, 0.4) is 0 Å². The van der Waals surface area contributed by atoms with E-state index in [1.807, 2.05) is 19.9 Å². The van der Waals surface area contributed by atoms with Gasteiger partial charge in [0.2, 0.25) is 5.91 Å². The first kappa shape index (κ1) is 25.8. The molecule has 0 saturated heterocycles. The molecular formula is C26H29FN2O3S2. The Kier molecular flexibility index (Phi) is 9.12. The fourth-order valence-electron chi connectivity index (χ4n) is 3.38. The van der Waals surface area contributed by atoms with Crippen LogP contribution in [0.15, 0.2) is 77.7 Å². The maximum atomic E-state index is 13.4. The molecule has 0 heterocycles. The van der Waals surface area contributed by atoms with Crippen LogP contribution in [0.1, 0.15) is 23.1 Å². The number of thioether (sulfide) groups is 1. The molecule has 0 bridgehead atoms. The van der Waals surface area contributed by atoms with Gasteiger partial charge in [-0.3, -0.25) is 9.10 Å². The predicted octanol–water partition coefficient (Wildman–Crippen LogP) is 5.08. The molecule has 0 aromatic heterocycles. The predicted molar refractivity (Wildman–Crippen MR) is 137 cm³/mol. The van der Waals surface area contributed by atoms with Crippen molar-refractivity contribution in [1.29, 1.82) is 0 Å². The number of amides is 1. The van der Waals surface area contributed by atoms with Gasteiger partial charge in [0.25, 0.3) is 10.0 Å². The van der Waals surface area contributed by atoms with Gasteiger partial charge in [-0.25, -0.2) is 12.8 Å². The van der Waals surface area contributed by atoms with Crippen molar-refractivity contribution in [2.24, 2.45) is 0 Å². The van der Waals surface area contributed by atoms with Gasteiger partial charge in [-0.1, -0.05) is 42.5 Å². The summed E-state index contributed by atoms with van der Waals surface area (Å²) in [4.78, 5) is 12.9. The average molecular weight is 501 g/mol. The Hall–Kier alpha value is -2.84. The lowest BCUT2D eigenvalue weighted by Gasteiger charge is -2.26. The standard InChI is InChI=1S/C26H29FN2O3S2/c1-20-8-6-11-25(21(20)2)29(34(31,32)24-9-4-3-5-10-24)18-26(30)28-16-7-17-33-19-22-12-14-23(27)15-13-22/h3-6,8-15H,7,16-19H2,1-2H3,(H,28,30). The summed E-state index contributed by atoms with van der Waals surface area (Å²) in [6.07, 6.45) is 0.743. The third-order valence-electron chi connectivity index (χ3n) is 5.43. The summed E-state index contributed by atoms with van der Waals surface area (Å²) in [6, 6.07) is 20.0. The van der Waals surface area contributed by atoms with Gasteiger partial charge in [0, 0.05) is 12.3 Å². The molecule has 0 unspecified atom stereocenters. The maximum absolute atomic E-state index is 13.4. The Balaban J connectivity index is 1.60. The van der Waals surface area contributed by atoms with Crippen LogP contribution in [0.5, 0.6) is 0 Å². The number of nitrogens with one attached hydrogen (secondary N) is 1. The minimum Gasteiger partial charge on any atom is -0.354 e. The molecule has 1 amide bonds. The van der Waals surface area contributed by atoms with Gasteiger partial charge in [-0.15, -0.1) is 0 Å². The molecule has 3 rings (SSSR count). The van der Waals surface area contributed by atoms with E-state index in [1.165, 1.54) is 28.6 Å². The number of benzene rings is 3. The summed E-state index contributed by atoms with van der Waals surface area (Å²) < 4.78 is 41.0. The van der Waals surface area contributed by atoms with Crippen molar-refractivity contribution in [3.8, 4) is 0 Å². The summed E-state index contributed by atoms with van der Waals surface area (Å²) in [7, 11) is -3.92. The monoisotopic (exact) mass is 500 g/mol. The number of halogens is 1. The van der Waals surface area contributed by atoms with E-state index in [0.717, 1.165) is 34.6 Å². The zero-order valence-electron chi connectivity index (χ0n) is 19.3. The van der Waals surface area contributed by atoms with E-state index >= 15 is 0 Å². The molecule has 5 nitrogen and oxygen atoms in total. The van der Waals surface area contributed by atoms with Crippen LogP contribution >= 0.6 is 11.8 Å². The largest absolute Gasteiger partial charge is 0.354 e. The second-order valence-electron chi connectivity index (χ2n) is 7.93. The van der Waals surface area contributed by atoms with E-state index in [2.05, 4.69) is 5.32 Å². The first-order valence-corrected chi connectivity index (χ1v) is 13.6. The molecule has 1 N–H and O–H groups in total. The molecule has 3 aromatic carbocycles. The van der Waals surface area contributed by atoms with Gasteiger partial charge < -0.3 is 5.32 Å². The molecule has 8 heteroatoms. The van der Waals surface area contributed by atoms with Crippen molar-refractivity contribution in [1.82, 2.24) is 5.32 Å². The van der Waals surface area contributed by atoms with E-state index in [0.29, 0.717) is 12.2 Å². The minimum atomic E-state index is -3.92. The number of carbonyl (C=O) groups excluding carboxylic acids is 1. The first-order chi connectivity index (χ1) is 16.3. The number of anilines is 1. The van der Waals surface area contributed by atoms with Crippen LogP contribution in [0.25, 0.3) is 0 Å². The Morgan fingerprint density at radius 1 is 0.971 bits per heavy atom. The SMILES string of the molecule is Cc1cccc(N(CC(=O)NCCCSCc2ccc(F)cc2)S(=O)(=O)c2ccccc2)c1C. The van der Waals surface area contributed by atoms with Crippen LogP contribution in [-0.4, -0.2) is 33.2 Å². The molecule has 0 fully saturated rings. The lowest BCUT2D eigenvalue weighted by atomic mass is 10.1. The number of carbonyl (C=O) groups is 1. The molecule has 34 heavy (non-hydrogen) atoms. The Bertz CT molecular complexity index is 1200. The highest BCUT2D eigenvalue weighted by atomic mass is 32.2. The fourth-order valence-corrected chi connectivity index (χ4v) is 5.80. The summed E-state index contributed by atoms with van der Waals surface area (Å²) in [6.45, 7) is 3.91. The molecule has 3 aromatic rings. The molecule has 0 aliphatic rings. The number of aryl methyl sites for hydroxylation is 1. The van der Waals surface area contributed by atoms with E-state index in [-0.39, 0.29) is 23.2 Å². The van der Waals surface area contributed by atoms with Gasteiger partial charge in [0.05, 0.1) is 10.6 Å². The topological polar surface area (TPSA) is 66.5 Å². The molecular weight excluding hydrogens is 471 g/mol. The first-order valence-electron chi connectivity index (χ1n) is 11.0. The van der Waals surface area contributed by atoms with Crippen molar-refractivity contribution in [2.75, 3.05) is 23.1 Å². The smallest absolute Gasteiger partial charge is 0.264 e. The number of nitrogens with zero attached hydrogens (tertiary/aromatic N) is 1. The summed E-state index contributed by atoms with van der Waals surface area (Å²) in [5.41, 5.74) is 3.30. The quantitative estimate of drug-likeness (QED) is 0.373. The van der Waals surface area contributed by atoms with Crippen LogP contribution in [0.4, 0.5) is 10.1 Å². The van der Waals surface area contributed by atoms with E-state index in [4.69, 9.17) is 0 Å². The zero-order valence-corrected chi connectivity index (χ0v) is 21.0. The average Bonchev–Trinajstić information content (AvgIpc) is 2.83. The molecule has 0 spiro atoms. The van der Waals surface area contributed by atoms with E-state index < -0.39 is 10.0 Å². The van der Waals surface area contributed by atoms with E-state index in [1.54, 1.807) is 54.2 Å². The van der Waals surface area contributed by atoms with Gasteiger partial charge in [0.1, 0.15) is 12.4 Å². The third kappa shape index (κ3) is 6.84. The third-order valence-corrected chi connectivity index (χ3v) is 8.32. The Morgan fingerprint density at radius 2 is 1.68 bits per heavy atom. The van der Waals surface area contributed by atoms with Crippen LogP contribution in [0, 0.1) is 19.7 Å². The molecule has 180 valence electrons. The van der Waals surface area contributed by atoms with E-state index in [9.17, 15) is 17.6 Å². The second kappa shape index (κ2) is 12.0. The van der Waals surface area contributed by atoms with Crippen LogP contribution < -0.4 is 9.62 Å². The van der Waals surface area contributed by atoms with Crippen molar-refractivity contribution in [3.05, 3.63) is 95.3 Å². The second-order valence-corrected chi connectivity index (χ2v) is 10.9. The van der Waals surface area contributed by atoms with Crippen molar-refractivity contribution >= 4 is 33.4 Å². The Morgan fingerprint density at radius 3 is 2.38 bits per heavy atom. The lowest BCUT2D eigenvalue weighted by Crippen LogP contribution is -2.41. The zero-order chi connectivity index (χ0) is 24.6. The number of hydrogen-bond donors (Lipinski definition) is 1. The highest BCUT2D eigenvalue weighted by Crippen LogP contribution is 2.28.